The van der Waals surface area contributed by atoms with Crippen LogP contribution >= 0.6 is 11.6 Å². The number of halogens is 4. The van der Waals surface area contributed by atoms with E-state index >= 15 is 0 Å². The number of rotatable bonds is 3. The number of aromatic amines is 1. The number of hydrogen-bond donors (Lipinski definition) is 1. The Bertz CT molecular complexity index is 1070. The van der Waals surface area contributed by atoms with E-state index in [4.69, 9.17) is 11.6 Å². The third kappa shape index (κ3) is 4.36. The predicted molar refractivity (Wildman–Crippen MR) is 112 cm³/mol. The minimum absolute atomic E-state index is 0.234. The van der Waals surface area contributed by atoms with Gasteiger partial charge in [-0.2, -0.15) is 13.2 Å². The summed E-state index contributed by atoms with van der Waals surface area (Å²) in [4.78, 5) is 5.28. The predicted octanol–water partition coefficient (Wildman–Crippen LogP) is 6.91. The van der Waals surface area contributed by atoms with Gasteiger partial charge in [0.2, 0.25) is 0 Å². The van der Waals surface area contributed by atoms with Gasteiger partial charge < -0.3 is 4.98 Å². The third-order valence-electron chi connectivity index (χ3n) is 5.65. The summed E-state index contributed by atoms with van der Waals surface area (Å²) in [6.45, 7) is 3.79. The highest BCUT2D eigenvalue weighted by atomic mass is 35.5. The van der Waals surface area contributed by atoms with E-state index in [-0.39, 0.29) is 12.1 Å². The summed E-state index contributed by atoms with van der Waals surface area (Å²) in [6.07, 6.45) is -0.561. The van der Waals surface area contributed by atoms with Crippen LogP contribution in [0.25, 0.3) is 16.5 Å². The van der Waals surface area contributed by atoms with Crippen molar-refractivity contribution in [2.75, 3.05) is 13.1 Å². The van der Waals surface area contributed by atoms with Gasteiger partial charge in [0.05, 0.1) is 5.56 Å². The Morgan fingerprint density at radius 3 is 2.76 bits per heavy atom. The second kappa shape index (κ2) is 7.88. The number of likely N-dealkylation sites (tertiary alicyclic amines) is 1. The number of nitrogens with zero attached hydrogens (tertiary/aromatic N) is 1. The minimum Gasteiger partial charge on any atom is -0.361 e. The average molecular weight is 419 g/mol. The summed E-state index contributed by atoms with van der Waals surface area (Å²) in [6, 6.07) is 12.2. The Morgan fingerprint density at radius 2 is 1.97 bits per heavy atom. The molecular weight excluding hydrogens is 397 g/mol. The zero-order valence-electron chi connectivity index (χ0n) is 16.1. The highest BCUT2D eigenvalue weighted by Crippen LogP contribution is 2.35. The van der Waals surface area contributed by atoms with Gasteiger partial charge in [0.25, 0.3) is 0 Å². The van der Waals surface area contributed by atoms with Crippen molar-refractivity contribution in [1.82, 2.24) is 9.88 Å². The van der Waals surface area contributed by atoms with E-state index in [0.717, 1.165) is 41.9 Å². The number of hydrogen-bond acceptors (Lipinski definition) is 1. The number of piperidine rings is 1. The summed E-state index contributed by atoms with van der Waals surface area (Å²) in [5.41, 5.74) is 4.37. The van der Waals surface area contributed by atoms with Gasteiger partial charge in [-0.1, -0.05) is 23.2 Å². The Morgan fingerprint density at radius 1 is 1.14 bits per heavy atom. The molecule has 0 spiro atoms. The SMILES string of the molecule is C/C(=C1\CCCN(Cc2cc(Cl)ccc2C(F)(F)F)C1)c1ccc2[nH]ccc2c1. The van der Waals surface area contributed by atoms with Crippen molar-refractivity contribution in [1.29, 1.82) is 0 Å². The smallest absolute Gasteiger partial charge is 0.361 e. The summed E-state index contributed by atoms with van der Waals surface area (Å²) < 4.78 is 40.2. The molecule has 1 N–H and O–H groups in total. The molecule has 6 heteroatoms. The van der Waals surface area contributed by atoms with E-state index < -0.39 is 11.7 Å². The van der Waals surface area contributed by atoms with Gasteiger partial charge in [0.15, 0.2) is 0 Å². The molecule has 152 valence electrons. The van der Waals surface area contributed by atoms with Gasteiger partial charge in [0.1, 0.15) is 0 Å². The molecule has 0 saturated carbocycles. The van der Waals surface area contributed by atoms with Crippen molar-refractivity contribution in [3.63, 3.8) is 0 Å². The Kier molecular flexibility index (Phi) is 5.45. The zero-order chi connectivity index (χ0) is 20.6. The van der Waals surface area contributed by atoms with Crippen molar-refractivity contribution in [3.8, 4) is 0 Å². The van der Waals surface area contributed by atoms with Crippen LogP contribution in [0.5, 0.6) is 0 Å². The van der Waals surface area contributed by atoms with Gasteiger partial charge in [0, 0.05) is 29.8 Å². The van der Waals surface area contributed by atoms with Crippen LogP contribution in [-0.4, -0.2) is 23.0 Å². The van der Waals surface area contributed by atoms with Crippen LogP contribution in [0.4, 0.5) is 13.2 Å². The normalized spacial score (nSPS) is 17.7. The van der Waals surface area contributed by atoms with E-state index in [9.17, 15) is 13.2 Å². The molecule has 3 aromatic rings. The molecule has 1 saturated heterocycles. The lowest BCUT2D eigenvalue weighted by Crippen LogP contribution is -2.32. The van der Waals surface area contributed by atoms with Crippen LogP contribution in [-0.2, 0) is 12.7 Å². The maximum Gasteiger partial charge on any atom is 0.416 e. The molecule has 1 aliphatic rings. The highest BCUT2D eigenvalue weighted by Gasteiger charge is 2.34. The maximum atomic E-state index is 13.4. The van der Waals surface area contributed by atoms with E-state index in [0.29, 0.717) is 11.6 Å². The first-order chi connectivity index (χ1) is 13.8. The monoisotopic (exact) mass is 418 g/mol. The fraction of sp³-hybridized carbons (Fsp3) is 0.304. The molecule has 1 fully saturated rings. The zero-order valence-corrected chi connectivity index (χ0v) is 16.9. The summed E-state index contributed by atoms with van der Waals surface area (Å²) in [5.74, 6) is 0. The second-order valence-corrected chi connectivity index (χ2v) is 8.06. The molecule has 1 aliphatic heterocycles. The van der Waals surface area contributed by atoms with Crippen molar-refractivity contribution in [2.45, 2.75) is 32.5 Å². The number of alkyl halides is 3. The van der Waals surface area contributed by atoms with Crippen molar-refractivity contribution >= 4 is 28.1 Å². The quantitative estimate of drug-likeness (QED) is 0.489. The molecule has 0 aliphatic carbocycles. The van der Waals surface area contributed by atoms with E-state index in [1.807, 2.05) is 12.3 Å². The lowest BCUT2D eigenvalue weighted by molar-refractivity contribution is -0.138. The van der Waals surface area contributed by atoms with Crippen molar-refractivity contribution in [3.05, 3.63) is 75.9 Å². The van der Waals surface area contributed by atoms with Gasteiger partial charge in [-0.15, -0.1) is 0 Å². The standard InChI is InChI=1S/C23H22ClF3N2/c1-15(16-4-7-22-17(11-16)8-9-28-22)18-3-2-10-29(13-18)14-19-12-20(24)5-6-21(19)23(25,26)27/h4-9,11-12,28H,2-3,10,13-14H2,1H3/b18-15-. The number of benzene rings is 2. The summed E-state index contributed by atoms with van der Waals surface area (Å²) in [7, 11) is 0. The van der Waals surface area contributed by atoms with E-state index in [2.05, 4.69) is 35.0 Å². The van der Waals surface area contributed by atoms with Crippen LogP contribution in [0.3, 0.4) is 0 Å². The fourth-order valence-corrected chi connectivity index (χ4v) is 4.28. The van der Waals surface area contributed by atoms with Crippen molar-refractivity contribution in [2.24, 2.45) is 0 Å². The average Bonchev–Trinajstić information content (AvgIpc) is 3.14. The molecule has 0 amide bonds. The third-order valence-corrected chi connectivity index (χ3v) is 5.89. The molecule has 2 nitrogen and oxygen atoms in total. The van der Waals surface area contributed by atoms with E-state index in [1.165, 1.54) is 23.3 Å². The van der Waals surface area contributed by atoms with Crippen LogP contribution in [0.2, 0.25) is 5.02 Å². The molecule has 0 atom stereocenters. The molecular formula is C23H22ClF3N2. The molecule has 29 heavy (non-hydrogen) atoms. The maximum absolute atomic E-state index is 13.4. The van der Waals surface area contributed by atoms with E-state index in [1.54, 1.807) is 0 Å². The molecule has 2 heterocycles. The number of H-pyrrole nitrogens is 1. The van der Waals surface area contributed by atoms with Gasteiger partial charge in [-0.3, -0.25) is 4.90 Å². The first kappa shape index (κ1) is 20.0. The Labute approximate surface area is 173 Å². The number of allylic oxidation sites excluding steroid dienone is 1. The molecule has 4 rings (SSSR count). The second-order valence-electron chi connectivity index (χ2n) is 7.62. The van der Waals surface area contributed by atoms with Gasteiger partial charge in [-0.05, 0) is 84.8 Å². The first-order valence-corrected chi connectivity index (χ1v) is 10.0. The van der Waals surface area contributed by atoms with Crippen LogP contribution < -0.4 is 0 Å². The minimum atomic E-state index is -4.38. The van der Waals surface area contributed by atoms with Crippen LogP contribution in [0.15, 0.2) is 54.2 Å². The van der Waals surface area contributed by atoms with Crippen LogP contribution in [0, 0.1) is 0 Å². The largest absolute Gasteiger partial charge is 0.416 e. The van der Waals surface area contributed by atoms with Crippen LogP contribution in [0.1, 0.15) is 36.5 Å². The number of nitrogens with one attached hydrogen (secondary N) is 1. The van der Waals surface area contributed by atoms with Gasteiger partial charge in [-0.25, -0.2) is 0 Å². The molecule has 0 unspecified atom stereocenters. The molecule has 0 bridgehead atoms. The lowest BCUT2D eigenvalue weighted by Gasteiger charge is -2.31. The lowest BCUT2D eigenvalue weighted by atomic mass is 9.94. The highest BCUT2D eigenvalue weighted by molar-refractivity contribution is 6.30. The molecule has 0 radical (unpaired) electrons. The topological polar surface area (TPSA) is 19.0 Å². The summed E-state index contributed by atoms with van der Waals surface area (Å²) >= 11 is 5.98. The number of aromatic nitrogens is 1. The Hall–Kier alpha value is -2.24. The summed E-state index contributed by atoms with van der Waals surface area (Å²) in [5, 5.41) is 1.49. The molecule has 2 aromatic carbocycles. The fourth-order valence-electron chi connectivity index (χ4n) is 4.09. The van der Waals surface area contributed by atoms with Gasteiger partial charge >= 0.3 is 6.18 Å². The molecule has 1 aromatic heterocycles. The number of fused-ring (bicyclic) bond motifs is 1. The Balaban J connectivity index is 1.59. The van der Waals surface area contributed by atoms with Crippen molar-refractivity contribution < 1.29 is 13.2 Å². The first-order valence-electron chi connectivity index (χ1n) is 9.65.